The molecule has 3 rings (SSSR count). The van der Waals surface area contributed by atoms with Crippen LogP contribution in [0, 0.1) is 0 Å². The average molecular weight is 233 g/mol. The van der Waals surface area contributed by atoms with E-state index >= 15 is 0 Å². The van der Waals surface area contributed by atoms with Crippen molar-refractivity contribution < 1.29 is 4.79 Å². The molecular formula is C13H19N3O. The first-order valence-electron chi connectivity index (χ1n) is 6.71. The van der Waals surface area contributed by atoms with Gasteiger partial charge in [0.2, 0.25) is 0 Å². The van der Waals surface area contributed by atoms with Crippen molar-refractivity contribution in [3.63, 3.8) is 0 Å². The molecule has 0 atom stereocenters. The van der Waals surface area contributed by atoms with E-state index in [4.69, 9.17) is 0 Å². The van der Waals surface area contributed by atoms with Crippen molar-refractivity contribution in [3.8, 4) is 0 Å². The summed E-state index contributed by atoms with van der Waals surface area (Å²) in [5.41, 5.74) is 2.99. The van der Waals surface area contributed by atoms with E-state index in [1.807, 2.05) is 0 Å². The molecule has 0 aliphatic heterocycles. The number of aryl methyl sites for hydroxylation is 1. The third kappa shape index (κ3) is 2.08. The van der Waals surface area contributed by atoms with E-state index in [9.17, 15) is 4.79 Å². The van der Waals surface area contributed by atoms with Crippen LogP contribution in [-0.2, 0) is 12.8 Å². The molecule has 0 saturated heterocycles. The van der Waals surface area contributed by atoms with E-state index in [1.165, 1.54) is 36.9 Å². The summed E-state index contributed by atoms with van der Waals surface area (Å²) in [4.78, 5) is 12.1. The maximum absolute atomic E-state index is 12.1. The van der Waals surface area contributed by atoms with Crippen LogP contribution in [0.1, 0.15) is 60.3 Å². The van der Waals surface area contributed by atoms with E-state index in [-0.39, 0.29) is 5.91 Å². The Labute approximate surface area is 101 Å². The first-order valence-corrected chi connectivity index (χ1v) is 6.71. The van der Waals surface area contributed by atoms with Crippen molar-refractivity contribution in [2.45, 2.75) is 57.4 Å². The van der Waals surface area contributed by atoms with E-state index in [2.05, 4.69) is 15.5 Å². The molecule has 1 fully saturated rings. The highest BCUT2D eigenvalue weighted by Crippen LogP contribution is 2.23. The van der Waals surface area contributed by atoms with Crippen LogP contribution in [0.5, 0.6) is 0 Å². The summed E-state index contributed by atoms with van der Waals surface area (Å²) in [5, 5.41) is 10.3. The van der Waals surface area contributed by atoms with Crippen LogP contribution in [0.25, 0.3) is 0 Å². The van der Waals surface area contributed by atoms with Crippen LogP contribution in [0.2, 0.25) is 0 Å². The Morgan fingerprint density at radius 1 is 1.18 bits per heavy atom. The van der Waals surface area contributed by atoms with Gasteiger partial charge in [0, 0.05) is 17.3 Å². The zero-order valence-corrected chi connectivity index (χ0v) is 10.1. The Kier molecular flexibility index (Phi) is 2.87. The Balaban J connectivity index is 1.77. The molecule has 0 spiro atoms. The van der Waals surface area contributed by atoms with Gasteiger partial charge in [-0.05, 0) is 44.9 Å². The summed E-state index contributed by atoms with van der Waals surface area (Å²) in [7, 11) is 0. The van der Waals surface area contributed by atoms with Crippen molar-refractivity contribution in [1.29, 1.82) is 0 Å². The number of H-pyrrole nitrogens is 1. The molecule has 0 radical (unpaired) electrons. The van der Waals surface area contributed by atoms with Crippen LogP contribution in [0.3, 0.4) is 0 Å². The number of aromatic amines is 1. The van der Waals surface area contributed by atoms with E-state index in [0.29, 0.717) is 11.7 Å². The molecule has 1 heterocycles. The fourth-order valence-corrected chi connectivity index (χ4v) is 2.65. The van der Waals surface area contributed by atoms with Crippen molar-refractivity contribution >= 4 is 5.91 Å². The van der Waals surface area contributed by atoms with Gasteiger partial charge in [0.15, 0.2) is 5.69 Å². The van der Waals surface area contributed by atoms with Crippen molar-refractivity contribution in [2.24, 2.45) is 0 Å². The molecule has 2 N–H and O–H groups in total. The van der Waals surface area contributed by atoms with Crippen LogP contribution >= 0.6 is 0 Å². The summed E-state index contributed by atoms with van der Waals surface area (Å²) in [5.74, 6) is 0.0223. The number of aromatic nitrogens is 2. The fourth-order valence-electron chi connectivity index (χ4n) is 2.65. The molecule has 2 aliphatic carbocycles. The Bertz CT molecular complexity index is 420. The highest BCUT2D eigenvalue weighted by molar-refractivity contribution is 5.94. The van der Waals surface area contributed by atoms with Crippen LogP contribution < -0.4 is 5.32 Å². The van der Waals surface area contributed by atoms with Gasteiger partial charge in [-0.3, -0.25) is 9.89 Å². The van der Waals surface area contributed by atoms with Crippen molar-refractivity contribution in [3.05, 3.63) is 17.0 Å². The minimum atomic E-state index is 0.0223. The second-order valence-corrected chi connectivity index (χ2v) is 5.19. The first-order chi connectivity index (χ1) is 8.34. The molecule has 1 saturated carbocycles. The van der Waals surface area contributed by atoms with E-state index < -0.39 is 0 Å². The lowest BCUT2D eigenvalue weighted by atomic mass is 9.93. The zero-order chi connectivity index (χ0) is 11.7. The van der Waals surface area contributed by atoms with Crippen LogP contribution in [0.15, 0.2) is 0 Å². The highest BCUT2D eigenvalue weighted by atomic mass is 16.2. The molecule has 1 aromatic rings. The Hall–Kier alpha value is -1.32. The smallest absolute Gasteiger partial charge is 0.272 e. The van der Waals surface area contributed by atoms with Crippen molar-refractivity contribution in [2.75, 3.05) is 0 Å². The summed E-state index contributed by atoms with van der Waals surface area (Å²) in [6.45, 7) is 0. The van der Waals surface area contributed by atoms with Gasteiger partial charge in [-0.1, -0.05) is 6.42 Å². The summed E-state index contributed by atoms with van der Waals surface area (Å²) < 4.78 is 0. The van der Waals surface area contributed by atoms with Gasteiger partial charge < -0.3 is 5.32 Å². The Morgan fingerprint density at radius 3 is 2.76 bits per heavy atom. The number of amides is 1. The quantitative estimate of drug-likeness (QED) is 0.767. The molecule has 92 valence electrons. The molecule has 1 aromatic heterocycles. The van der Waals surface area contributed by atoms with Gasteiger partial charge in [-0.2, -0.15) is 5.10 Å². The average Bonchev–Trinajstić information content (AvgIpc) is 2.53. The highest BCUT2D eigenvalue weighted by Gasteiger charge is 2.25. The number of fused-ring (bicyclic) bond motifs is 1. The van der Waals surface area contributed by atoms with Gasteiger partial charge >= 0.3 is 0 Å². The number of hydrogen-bond donors (Lipinski definition) is 2. The molecule has 4 heteroatoms. The molecule has 0 bridgehead atoms. The Morgan fingerprint density at radius 2 is 2.00 bits per heavy atom. The topological polar surface area (TPSA) is 57.8 Å². The maximum atomic E-state index is 12.1. The summed E-state index contributed by atoms with van der Waals surface area (Å²) in [6, 6.07) is 0.389. The lowest BCUT2D eigenvalue weighted by Crippen LogP contribution is -2.40. The third-order valence-corrected chi connectivity index (χ3v) is 3.96. The predicted octanol–water partition coefficient (Wildman–Crippen LogP) is 1.96. The second-order valence-electron chi connectivity index (χ2n) is 5.19. The maximum Gasteiger partial charge on any atom is 0.272 e. The van der Waals surface area contributed by atoms with Gasteiger partial charge in [0.05, 0.1) is 0 Å². The standard InChI is InChI=1S/C13H19N3O/c17-13(14-9-5-4-6-9)12-10-7-2-1-3-8-11(10)15-16-12/h9H,1-8H2,(H,14,17)(H,15,16). The van der Waals surface area contributed by atoms with Gasteiger partial charge in [-0.15, -0.1) is 0 Å². The largest absolute Gasteiger partial charge is 0.348 e. The molecule has 4 nitrogen and oxygen atoms in total. The fraction of sp³-hybridized carbons (Fsp3) is 0.692. The van der Waals surface area contributed by atoms with Gasteiger partial charge in [0.25, 0.3) is 5.91 Å². The monoisotopic (exact) mass is 233 g/mol. The molecule has 0 unspecified atom stereocenters. The molecule has 0 aromatic carbocycles. The summed E-state index contributed by atoms with van der Waals surface area (Å²) in [6.07, 6.45) is 9.17. The molecule has 17 heavy (non-hydrogen) atoms. The second kappa shape index (κ2) is 4.51. The minimum Gasteiger partial charge on any atom is -0.348 e. The molecule has 1 amide bonds. The van der Waals surface area contributed by atoms with Crippen LogP contribution in [-0.4, -0.2) is 22.1 Å². The van der Waals surface area contributed by atoms with E-state index in [1.54, 1.807) is 0 Å². The molecular weight excluding hydrogens is 214 g/mol. The first kappa shape index (κ1) is 10.8. The van der Waals surface area contributed by atoms with Crippen LogP contribution in [0.4, 0.5) is 0 Å². The number of carbonyl (C=O) groups excluding carboxylic acids is 1. The van der Waals surface area contributed by atoms with Crippen molar-refractivity contribution in [1.82, 2.24) is 15.5 Å². The number of carbonyl (C=O) groups is 1. The number of nitrogens with zero attached hydrogens (tertiary/aromatic N) is 1. The van der Waals surface area contributed by atoms with E-state index in [0.717, 1.165) is 25.7 Å². The zero-order valence-electron chi connectivity index (χ0n) is 10.1. The minimum absolute atomic E-state index is 0.0223. The number of nitrogens with one attached hydrogen (secondary N) is 2. The number of hydrogen-bond acceptors (Lipinski definition) is 2. The lowest BCUT2D eigenvalue weighted by molar-refractivity contribution is 0.0911. The van der Waals surface area contributed by atoms with Gasteiger partial charge in [-0.25, -0.2) is 0 Å². The predicted molar refractivity (Wildman–Crippen MR) is 65.0 cm³/mol. The summed E-state index contributed by atoms with van der Waals surface area (Å²) >= 11 is 0. The third-order valence-electron chi connectivity index (χ3n) is 3.96. The van der Waals surface area contributed by atoms with Gasteiger partial charge in [0.1, 0.15) is 0 Å². The lowest BCUT2D eigenvalue weighted by Gasteiger charge is -2.26. The number of rotatable bonds is 2. The SMILES string of the molecule is O=C(NC1CCC1)c1n[nH]c2c1CCCCC2. The normalized spacial score (nSPS) is 20.2. The molecule has 2 aliphatic rings.